The van der Waals surface area contributed by atoms with Gasteiger partial charge in [-0.3, -0.25) is 14.4 Å². The standard InChI is InChI=1S/C14H15NO8/c16-5-8-9(17)10(18)11(14(21)22-8)23-15-12(19)6-3-1-2-4-7(6)13(15)20/h1-4,8-11,14,16-18,21H,5H2/t8-,9-,10+,11-,14?/m1/s1. The molecule has 0 aliphatic carbocycles. The highest BCUT2D eigenvalue weighted by atomic mass is 16.7. The number of amides is 2. The van der Waals surface area contributed by atoms with E-state index >= 15 is 0 Å². The zero-order chi connectivity index (χ0) is 16.7. The lowest BCUT2D eigenvalue weighted by atomic mass is 9.99. The summed E-state index contributed by atoms with van der Waals surface area (Å²) in [6, 6.07) is 6.05. The van der Waals surface area contributed by atoms with Crippen LogP contribution in [-0.4, -0.2) is 74.6 Å². The molecule has 9 nitrogen and oxygen atoms in total. The van der Waals surface area contributed by atoms with Crippen LogP contribution in [0.5, 0.6) is 0 Å². The maximum absolute atomic E-state index is 12.2. The third-order valence-corrected chi connectivity index (χ3v) is 3.83. The van der Waals surface area contributed by atoms with Gasteiger partial charge in [0.1, 0.15) is 18.3 Å². The van der Waals surface area contributed by atoms with Gasteiger partial charge in [0.25, 0.3) is 11.8 Å². The van der Waals surface area contributed by atoms with Gasteiger partial charge in [0.15, 0.2) is 12.4 Å². The smallest absolute Gasteiger partial charge is 0.285 e. The first-order valence-electron chi connectivity index (χ1n) is 6.90. The highest BCUT2D eigenvalue weighted by Crippen LogP contribution is 2.28. The van der Waals surface area contributed by atoms with E-state index in [9.17, 15) is 24.9 Å². The van der Waals surface area contributed by atoms with E-state index in [0.29, 0.717) is 5.06 Å². The molecule has 0 saturated carbocycles. The SMILES string of the molecule is O=C1c2ccccc2C(=O)N1O[C@H]1C(O)O[C@H](CO)[C@@H](O)[C@@H]1O. The predicted octanol–water partition coefficient (Wildman–Crippen LogP) is -1.99. The molecule has 0 spiro atoms. The number of fused-ring (bicyclic) bond motifs is 1. The van der Waals surface area contributed by atoms with Crippen molar-refractivity contribution in [2.75, 3.05) is 6.61 Å². The average Bonchev–Trinajstić information content (AvgIpc) is 2.79. The molecule has 1 fully saturated rings. The molecule has 1 unspecified atom stereocenters. The Bertz CT molecular complexity index is 600. The van der Waals surface area contributed by atoms with Crippen LogP contribution >= 0.6 is 0 Å². The number of hydrogen-bond acceptors (Lipinski definition) is 8. The monoisotopic (exact) mass is 325 g/mol. The zero-order valence-corrected chi connectivity index (χ0v) is 11.8. The van der Waals surface area contributed by atoms with Gasteiger partial charge in [-0.25, -0.2) is 0 Å². The molecule has 3 rings (SSSR count). The number of carbonyl (C=O) groups is 2. The number of imide groups is 1. The number of aliphatic hydroxyl groups excluding tert-OH is 4. The minimum absolute atomic E-state index is 0.131. The molecule has 23 heavy (non-hydrogen) atoms. The summed E-state index contributed by atoms with van der Waals surface area (Å²) in [7, 11) is 0. The Labute approximate surface area is 130 Å². The molecular formula is C14H15NO8. The molecule has 0 aromatic heterocycles. The van der Waals surface area contributed by atoms with E-state index in [1.54, 1.807) is 12.1 Å². The fraction of sp³-hybridized carbons (Fsp3) is 0.429. The molecule has 0 radical (unpaired) electrons. The largest absolute Gasteiger partial charge is 0.394 e. The molecule has 0 bridgehead atoms. The van der Waals surface area contributed by atoms with E-state index in [1.165, 1.54) is 12.1 Å². The van der Waals surface area contributed by atoms with E-state index in [-0.39, 0.29) is 11.1 Å². The molecule has 5 atom stereocenters. The summed E-state index contributed by atoms with van der Waals surface area (Å²) in [5.41, 5.74) is 0.263. The van der Waals surface area contributed by atoms with Crippen molar-refractivity contribution in [1.82, 2.24) is 5.06 Å². The maximum Gasteiger partial charge on any atom is 0.285 e. The Balaban J connectivity index is 1.80. The highest BCUT2D eigenvalue weighted by molar-refractivity contribution is 6.20. The molecule has 2 aliphatic heterocycles. The Kier molecular flexibility index (Phi) is 4.15. The van der Waals surface area contributed by atoms with Crippen LogP contribution < -0.4 is 0 Å². The van der Waals surface area contributed by atoms with Gasteiger partial charge in [-0.05, 0) is 12.1 Å². The second kappa shape index (κ2) is 5.96. The average molecular weight is 325 g/mol. The van der Waals surface area contributed by atoms with Crippen LogP contribution in [-0.2, 0) is 9.57 Å². The van der Waals surface area contributed by atoms with Gasteiger partial charge in [-0.1, -0.05) is 12.1 Å². The number of aliphatic hydroxyl groups is 4. The van der Waals surface area contributed by atoms with Gasteiger partial charge in [0, 0.05) is 0 Å². The lowest BCUT2D eigenvalue weighted by Gasteiger charge is -2.40. The summed E-state index contributed by atoms with van der Waals surface area (Å²) in [6.45, 7) is -0.630. The first kappa shape index (κ1) is 16.0. The van der Waals surface area contributed by atoms with Gasteiger partial charge in [-0.15, -0.1) is 5.06 Å². The van der Waals surface area contributed by atoms with Crippen LogP contribution in [0.1, 0.15) is 20.7 Å². The lowest BCUT2D eigenvalue weighted by molar-refractivity contribution is -0.323. The predicted molar refractivity (Wildman–Crippen MR) is 71.8 cm³/mol. The van der Waals surface area contributed by atoms with Crippen molar-refractivity contribution in [3.63, 3.8) is 0 Å². The molecule has 2 heterocycles. The number of ether oxygens (including phenoxy) is 1. The molecule has 1 aromatic carbocycles. The van der Waals surface area contributed by atoms with Crippen molar-refractivity contribution in [2.45, 2.75) is 30.7 Å². The van der Waals surface area contributed by atoms with Crippen molar-refractivity contribution in [1.29, 1.82) is 0 Å². The van der Waals surface area contributed by atoms with Gasteiger partial charge >= 0.3 is 0 Å². The zero-order valence-electron chi connectivity index (χ0n) is 11.8. The van der Waals surface area contributed by atoms with E-state index in [4.69, 9.17) is 14.7 Å². The summed E-state index contributed by atoms with van der Waals surface area (Å²) in [5.74, 6) is -1.49. The van der Waals surface area contributed by atoms with E-state index in [1.807, 2.05) is 0 Å². The van der Waals surface area contributed by atoms with Crippen molar-refractivity contribution in [3.05, 3.63) is 35.4 Å². The minimum atomic E-state index is -1.74. The lowest BCUT2D eigenvalue weighted by Crippen LogP contribution is -2.61. The molecule has 2 aliphatic rings. The fourth-order valence-corrected chi connectivity index (χ4v) is 2.57. The third kappa shape index (κ3) is 2.53. The second-order valence-electron chi connectivity index (χ2n) is 5.25. The normalized spacial score (nSPS) is 33.9. The second-order valence-corrected chi connectivity index (χ2v) is 5.25. The number of benzene rings is 1. The molecule has 124 valence electrons. The molecule has 2 amide bonds. The first-order valence-corrected chi connectivity index (χ1v) is 6.90. The van der Waals surface area contributed by atoms with Gasteiger partial charge in [0.2, 0.25) is 0 Å². The van der Waals surface area contributed by atoms with E-state index in [0.717, 1.165) is 0 Å². The molecular weight excluding hydrogens is 310 g/mol. The van der Waals surface area contributed by atoms with Crippen LogP contribution in [0.2, 0.25) is 0 Å². The first-order chi connectivity index (χ1) is 11.0. The van der Waals surface area contributed by atoms with Crippen molar-refractivity contribution >= 4 is 11.8 Å². The van der Waals surface area contributed by atoms with Crippen LogP contribution in [0.15, 0.2) is 24.3 Å². The van der Waals surface area contributed by atoms with Crippen LogP contribution in [0.4, 0.5) is 0 Å². The van der Waals surface area contributed by atoms with Crippen LogP contribution in [0.25, 0.3) is 0 Å². The van der Waals surface area contributed by atoms with Crippen molar-refractivity contribution < 1.29 is 39.6 Å². The maximum atomic E-state index is 12.2. The Hall–Kier alpha value is -1.88. The van der Waals surface area contributed by atoms with Gasteiger partial charge in [-0.2, -0.15) is 0 Å². The number of nitrogens with zero attached hydrogens (tertiary/aromatic N) is 1. The molecule has 1 saturated heterocycles. The Morgan fingerprint density at radius 2 is 1.61 bits per heavy atom. The third-order valence-electron chi connectivity index (χ3n) is 3.83. The number of carbonyl (C=O) groups excluding carboxylic acids is 2. The topological polar surface area (TPSA) is 137 Å². The molecule has 4 N–H and O–H groups in total. The van der Waals surface area contributed by atoms with Crippen LogP contribution in [0.3, 0.4) is 0 Å². The van der Waals surface area contributed by atoms with Gasteiger partial charge < -0.3 is 25.2 Å². The summed E-state index contributed by atoms with van der Waals surface area (Å²) in [5, 5.41) is 39.0. The van der Waals surface area contributed by atoms with E-state index in [2.05, 4.69) is 0 Å². The quantitative estimate of drug-likeness (QED) is 0.469. The number of rotatable bonds is 3. The highest BCUT2D eigenvalue weighted by Gasteiger charge is 2.48. The van der Waals surface area contributed by atoms with Gasteiger partial charge in [0.05, 0.1) is 17.7 Å². The molecule has 9 heteroatoms. The fourth-order valence-electron chi connectivity index (χ4n) is 2.57. The van der Waals surface area contributed by atoms with Crippen LogP contribution in [0, 0.1) is 0 Å². The van der Waals surface area contributed by atoms with Crippen molar-refractivity contribution in [2.24, 2.45) is 0 Å². The molecule has 1 aromatic rings. The number of hydrogen-bond donors (Lipinski definition) is 4. The summed E-state index contributed by atoms with van der Waals surface area (Å²) < 4.78 is 4.91. The summed E-state index contributed by atoms with van der Waals surface area (Å²) in [4.78, 5) is 29.5. The van der Waals surface area contributed by atoms with E-state index < -0.39 is 49.1 Å². The summed E-state index contributed by atoms with van der Waals surface area (Å²) in [6.07, 6.45) is -7.74. The number of hydroxylamine groups is 2. The Morgan fingerprint density at radius 3 is 2.13 bits per heavy atom. The Morgan fingerprint density at radius 1 is 1.04 bits per heavy atom. The summed E-state index contributed by atoms with van der Waals surface area (Å²) >= 11 is 0. The minimum Gasteiger partial charge on any atom is -0.394 e. The van der Waals surface area contributed by atoms with Crippen molar-refractivity contribution in [3.8, 4) is 0 Å².